The van der Waals surface area contributed by atoms with Crippen molar-refractivity contribution in [3.63, 3.8) is 0 Å². The zero-order valence-corrected chi connectivity index (χ0v) is 17.7. The molecule has 2 aromatic heterocycles. The molecule has 0 amide bonds. The van der Waals surface area contributed by atoms with Gasteiger partial charge in [0.2, 0.25) is 0 Å². The molecule has 33 heavy (non-hydrogen) atoms. The summed E-state index contributed by atoms with van der Waals surface area (Å²) in [5, 5.41) is 20.0. The molecular weight excluding hydrogens is 431 g/mol. The summed E-state index contributed by atoms with van der Waals surface area (Å²) in [5.74, 6) is 0.390. The van der Waals surface area contributed by atoms with Crippen LogP contribution in [0.3, 0.4) is 0 Å². The molecule has 2 N–H and O–H groups in total. The van der Waals surface area contributed by atoms with Gasteiger partial charge in [0.1, 0.15) is 18.2 Å². The van der Waals surface area contributed by atoms with Crippen LogP contribution in [0.5, 0.6) is 5.75 Å². The fourth-order valence-electron chi connectivity index (χ4n) is 3.19. The summed E-state index contributed by atoms with van der Waals surface area (Å²) in [6.45, 7) is 1.60. The summed E-state index contributed by atoms with van der Waals surface area (Å²) in [7, 11) is 1.34. The van der Waals surface area contributed by atoms with Gasteiger partial charge < -0.3 is 15.2 Å². The Morgan fingerprint density at radius 3 is 2.45 bits per heavy atom. The van der Waals surface area contributed by atoms with Gasteiger partial charge in [-0.2, -0.15) is 0 Å². The van der Waals surface area contributed by atoms with Crippen molar-refractivity contribution >= 4 is 11.2 Å². The van der Waals surface area contributed by atoms with Crippen molar-refractivity contribution in [3.05, 3.63) is 75.2 Å². The molecule has 170 valence electrons. The fraction of sp³-hybridized carbons (Fsp3) is 0.227. The van der Waals surface area contributed by atoms with Gasteiger partial charge in [-0.15, -0.1) is 10.2 Å². The van der Waals surface area contributed by atoms with Gasteiger partial charge in [0.15, 0.2) is 17.0 Å². The number of aliphatic hydroxyl groups is 1. The Bertz CT molecular complexity index is 1380. The molecule has 0 radical (unpaired) electrons. The van der Waals surface area contributed by atoms with Crippen LogP contribution in [0.2, 0.25) is 0 Å². The maximum absolute atomic E-state index is 13.3. The molecule has 4 aromatic rings. The highest BCUT2D eigenvalue weighted by molar-refractivity contribution is 5.73. The third kappa shape index (κ3) is 4.64. The van der Waals surface area contributed by atoms with E-state index in [0.29, 0.717) is 36.7 Å². The largest absolute Gasteiger partial charge is 0.492 e. The number of nitrogens with zero attached hydrogens (tertiary/aromatic N) is 5. The van der Waals surface area contributed by atoms with E-state index in [0.717, 1.165) is 4.57 Å². The molecule has 0 aliphatic heterocycles. The summed E-state index contributed by atoms with van der Waals surface area (Å²) in [4.78, 5) is 29.8. The molecule has 0 saturated heterocycles. The van der Waals surface area contributed by atoms with E-state index in [2.05, 4.69) is 20.5 Å². The number of aromatic nitrogens is 5. The van der Waals surface area contributed by atoms with Crippen LogP contribution in [-0.4, -0.2) is 55.7 Å². The van der Waals surface area contributed by atoms with Gasteiger partial charge in [-0.1, -0.05) is 0 Å². The number of aliphatic hydroxyl groups excluding tert-OH is 1. The molecule has 0 atom stereocenters. The minimum atomic E-state index is -0.641. The van der Waals surface area contributed by atoms with Crippen molar-refractivity contribution < 1.29 is 14.2 Å². The SMILES string of the molecule is Cn1c(=O)c2nc(-c3ccc(OCCNCCO)cc3)nnc2n(-c2ccc(F)cc2)c1=O. The molecule has 0 fully saturated rings. The molecule has 0 aliphatic carbocycles. The van der Waals surface area contributed by atoms with Crippen LogP contribution in [0.25, 0.3) is 28.2 Å². The summed E-state index contributed by atoms with van der Waals surface area (Å²) in [6.07, 6.45) is 0. The molecule has 4 rings (SSSR count). The molecule has 0 spiro atoms. The Morgan fingerprint density at radius 1 is 1.03 bits per heavy atom. The Kier molecular flexibility index (Phi) is 6.52. The van der Waals surface area contributed by atoms with Crippen molar-refractivity contribution in [2.24, 2.45) is 7.05 Å². The molecule has 2 heterocycles. The first-order valence-electron chi connectivity index (χ1n) is 10.2. The minimum absolute atomic E-state index is 0.0196. The predicted molar refractivity (Wildman–Crippen MR) is 119 cm³/mol. The predicted octanol–water partition coefficient (Wildman–Crippen LogP) is 0.641. The van der Waals surface area contributed by atoms with Crippen molar-refractivity contribution in [2.45, 2.75) is 0 Å². The lowest BCUT2D eigenvalue weighted by Crippen LogP contribution is -2.38. The van der Waals surface area contributed by atoms with Gasteiger partial charge in [0.05, 0.1) is 12.3 Å². The van der Waals surface area contributed by atoms with E-state index in [4.69, 9.17) is 9.84 Å². The highest BCUT2D eigenvalue weighted by atomic mass is 19.1. The fourth-order valence-corrected chi connectivity index (χ4v) is 3.19. The van der Waals surface area contributed by atoms with Crippen molar-refractivity contribution in [1.29, 1.82) is 0 Å². The number of hydrogen-bond acceptors (Lipinski definition) is 8. The third-order valence-corrected chi connectivity index (χ3v) is 4.90. The molecule has 0 unspecified atom stereocenters. The van der Waals surface area contributed by atoms with E-state index in [9.17, 15) is 14.0 Å². The standard InChI is InChI=1S/C22H21FN6O4/c1-28-21(31)18-20(29(22(28)32)16-6-4-15(23)5-7-16)27-26-19(25-18)14-2-8-17(9-3-14)33-13-11-24-10-12-30/h2-9,24,30H,10-13H2,1H3. The Hall–Kier alpha value is -3.96. The van der Waals surface area contributed by atoms with E-state index in [1.807, 2.05) is 0 Å². The average molecular weight is 452 g/mol. The molecule has 0 bridgehead atoms. The van der Waals surface area contributed by atoms with E-state index in [-0.39, 0.29) is 23.6 Å². The number of rotatable bonds is 8. The van der Waals surface area contributed by atoms with Gasteiger partial charge >= 0.3 is 5.69 Å². The topological polar surface area (TPSA) is 124 Å². The van der Waals surface area contributed by atoms with Crippen molar-refractivity contribution in [3.8, 4) is 22.8 Å². The van der Waals surface area contributed by atoms with Crippen LogP contribution < -0.4 is 21.3 Å². The molecule has 2 aromatic carbocycles. The monoisotopic (exact) mass is 452 g/mol. The summed E-state index contributed by atoms with van der Waals surface area (Å²) < 4.78 is 21.1. The second kappa shape index (κ2) is 9.67. The first-order chi connectivity index (χ1) is 16.0. The smallest absolute Gasteiger partial charge is 0.337 e. The average Bonchev–Trinajstić information content (AvgIpc) is 2.84. The Balaban J connectivity index is 1.68. The van der Waals surface area contributed by atoms with Gasteiger partial charge in [-0.05, 0) is 48.5 Å². The van der Waals surface area contributed by atoms with Gasteiger partial charge in [-0.3, -0.25) is 9.36 Å². The normalized spacial score (nSPS) is 11.1. The third-order valence-electron chi connectivity index (χ3n) is 4.90. The highest BCUT2D eigenvalue weighted by Gasteiger charge is 2.17. The quantitative estimate of drug-likeness (QED) is 0.373. The van der Waals surface area contributed by atoms with Crippen LogP contribution in [0.15, 0.2) is 58.1 Å². The molecular formula is C22H21FN6O4. The number of ether oxygens (including phenoxy) is 1. The minimum Gasteiger partial charge on any atom is -0.492 e. The number of hydrogen-bond donors (Lipinski definition) is 2. The van der Waals surface area contributed by atoms with E-state index >= 15 is 0 Å². The van der Waals surface area contributed by atoms with Crippen LogP contribution in [0.4, 0.5) is 4.39 Å². The highest BCUT2D eigenvalue weighted by Crippen LogP contribution is 2.20. The molecule has 0 saturated carbocycles. The van der Waals surface area contributed by atoms with E-state index < -0.39 is 17.1 Å². The number of fused-ring (bicyclic) bond motifs is 1. The zero-order chi connectivity index (χ0) is 23.4. The summed E-state index contributed by atoms with van der Waals surface area (Å²) in [6, 6.07) is 12.2. The molecule has 10 nitrogen and oxygen atoms in total. The van der Waals surface area contributed by atoms with Crippen molar-refractivity contribution in [2.75, 3.05) is 26.3 Å². The van der Waals surface area contributed by atoms with Gasteiger partial charge in [0, 0.05) is 25.7 Å². The Labute approximate surface area is 186 Å². The Morgan fingerprint density at radius 2 is 1.76 bits per heavy atom. The van der Waals surface area contributed by atoms with E-state index in [1.54, 1.807) is 24.3 Å². The number of halogens is 1. The van der Waals surface area contributed by atoms with Crippen LogP contribution in [0, 0.1) is 5.82 Å². The van der Waals surface area contributed by atoms with Gasteiger partial charge in [0.25, 0.3) is 5.56 Å². The summed E-state index contributed by atoms with van der Waals surface area (Å²) >= 11 is 0. The number of nitrogens with one attached hydrogen (secondary N) is 1. The first-order valence-corrected chi connectivity index (χ1v) is 10.2. The lowest BCUT2D eigenvalue weighted by molar-refractivity contribution is 0.276. The second-order valence-electron chi connectivity index (χ2n) is 7.11. The first kappa shape index (κ1) is 22.2. The molecule has 0 aliphatic rings. The lowest BCUT2D eigenvalue weighted by Gasteiger charge is -2.11. The van der Waals surface area contributed by atoms with Crippen LogP contribution >= 0.6 is 0 Å². The molecule has 11 heteroatoms. The number of benzene rings is 2. The van der Waals surface area contributed by atoms with Crippen LogP contribution in [0.1, 0.15) is 0 Å². The second-order valence-corrected chi connectivity index (χ2v) is 7.11. The van der Waals surface area contributed by atoms with Gasteiger partial charge in [-0.25, -0.2) is 18.7 Å². The maximum atomic E-state index is 13.3. The van der Waals surface area contributed by atoms with E-state index in [1.165, 1.54) is 35.9 Å². The zero-order valence-electron chi connectivity index (χ0n) is 17.7. The van der Waals surface area contributed by atoms with Crippen LogP contribution in [-0.2, 0) is 7.05 Å². The summed E-state index contributed by atoms with van der Waals surface area (Å²) in [5.41, 5.74) is -0.370. The van der Waals surface area contributed by atoms with Crippen molar-refractivity contribution in [1.82, 2.24) is 29.6 Å². The maximum Gasteiger partial charge on any atom is 0.337 e. The lowest BCUT2D eigenvalue weighted by atomic mass is 10.2.